The lowest BCUT2D eigenvalue weighted by molar-refractivity contribution is -0.111. The number of anilines is 6. The Kier molecular flexibility index (Phi) is 8.86. The van der Waals surface area contributed by atoms with Gasteiger partial charge in [-0.05, 0) is 59.0 Å². The first-order valence-electron chi connectivity index (χ1n) is 13.2. The normalized spacial score (nSPS) is 15.5. The van der Waals surface area contributed by atoms with Gasteiger partial charge in [-0.25, -0.2) is 9.97 Å². The molecule has 2 aromatic carbocycles. The van der Waals surface area contributed by atoms with Gasteiger partial charge in [0.15, 0.2) is 0 Å². The maximum Gasteiger partial charge on any atom is 0.247 e. The molecule has 1 saturated heterocycles. The number of methoxy groups -OCH3 is 1. The molecule has 1 amide bonds. The standard InChI is InChI=1S/C29H38N8O3/c1-7-26(38)32-22-15-23(25(40-6)16-24(22)37-14-10-11-19(17-37)36(4)5)34-28-31-18-30-27(35-28)33-21-13-9-8-12-20(21)29(2,3)39/h7-9,12-13,15-16,18-19,39H,1,10-11,14,17H2,2-6H3,(H,32,38)(H2,30,31,33,34,35). The lowest BCUT2D eigenvalue weighted by Gasteiger charge is -2.38. The molecule has 1 fully saturated rings. The summed E-state index contributed by atoms with van der Waals surface area (Å²) in [6, 6.07) is 11.6. The van der Waals surface area contributed by atoms with Gasteiger partial charge in [-0.2, -0.15) is 4.98 Å². The van der Waals surface area contributed by atoms with E-state index in [1.807, 2.05) is 36.4 Å². The molecule has 1 unspecified atom stereocenters. The van der Waals surface area contributed by atoms with E-state index in [9.17, 15) is 9.90 Å². The van der Waals surface area contributed by atoms with Crippen LogP contribution in [0.3, 0.4) is 0 Å². The van der Waals surface area contributed by atoms with E-state index < -0.39 is 5.60 Å². The molecule has 11 nitrogen and oxygen atoms in total. The summed E-state index contributed by atoms with van der Waals surface area (Å²) in [6.45, 7) is 8.73. The monoisotopic (exact) mass is 546 g/mol. The lowest BCUT2D eigenvalue weighted by atomic mass is 9.96. The van der Waals surface area contributed by atoms with E-state index in [2.05, 4.69) is 61.4 Å². The van der Waals surface area contributed by atoms with E-state index in [1.54, 1.807) is 21.0 Å². The second-order valence-electron chi connectivity index (χ2n) is 10.5. The first kappa shape index (κ1) is 28.8. The molecular formula is C29H38N8O3. The molecule has 0 radical (unpaired) electrons. The molecule has 1 aromatic heterocycles. The van der Waals surface area contributed by atoms with Crippen LogP contribution in [0.2, 0.25) is 0 Å². The second-order valence-corrected chi connectivity index (χ2v) is 10.5. The van der Waals surface area contributed by atoms with Gasteiger partial charge in [0, 0.05) is 36.4 Å². The molecule has 3 aromatic rings. The van der Waals surface area contributed by atoms with Crippen LogP contribution in [-0.2, 0) is 10.4 Å². The number of nitrogens with one attached hydrogen (secondary N) is 3. The Morgan fingerprint density at radius 3 is 2.50 bits per heavy atom. The highest BCUT2D eigenvalue weighted by molar-refractivity contribution is 6.02. The Morgan fingerprint density at radius 1 is 1.15 bits per heavy atom. The molecule has 2 heterocycles. The van der Waals surface area contributed by atoms with Crippen LogP contribution in [0.4, 0.5) is 34.6 Å². The van der Waals surface area contributed by atoms with Crippen molar-refractivity contribution in [2.24, 2.45) is 0 Å². The molecular weight excluding hydrogens is 508 g/mol. The minimum absolute atomic E-state index is 0.274. The fraction of sp³-hybridized carbons (Fsp3) is 0.379. The zero-order valence-electron chi connectivity index (χ0n) is 23.7. The number of ether oxygens (including phenoxy) is 1. The highest BCUT2D eigenvalue weighted by Gasteiger charge is 2.25. The number of benzene rings is 2. The Morgan fingerprint density at radius 2 is 1.85 bits per heavy atom. The molecule has 0 bridgehead atoms. The smallest absolute Gasteiger partial charge is 0.247 e. The highest BCUT2D eigenvalue weighted by atomic mass is 16.5. The fourth-order valence-electron chi connectivity index (χ4n) is 4.76. The van der Waals surface area contributed by atoms with Crippen LogP contribution < -0.4 is 25.6 Å². The minimum atomic E-state index is -1.06. The molecule has 4 rings (SSSR count). The number of para-hydroxylation sites is 1. The van der Waals surface area contributed by atoms with Crippen molar-refractivity contribution >= 4 is 40.6 Å². The number of hydrogen-bond acceptors (Lipinski definition) is 10. The van der Waals surface area contributed by atoms with Gasteiger partial charge < -0.3 is 35.6 Å². The zero-order valence-corrected chi connectivity index (χ0v) is 23.7. The molecule has 1 aliphatic rings. The predicted octanol–water partition coefficient (Wildman–Crippen LogP) is 4.25. The van der Waals surface area contributed by atoms with Crippen LogP contribution in [0, 0.1) is 0 Å². The van der Waals surface area contributed by atoms with Crippen molar-refractivity contribution in [1.82, 2.24) is 19.9 Å². The summed E-state index contributed by atoms with van der Waals surface area (Å²) in [4.78, 5) is 29.9. The largest absolute Gasteiger partial charge is 0.494 e. The number of aromatic nitrogens is 3. The number of likely N-dealkylation sites (N-methyl/N-ethyl adjacent to an activating group) is 1. The van der Waals surface area contributed by atoms with Gasteiger partial charge in [-0.15, -0.1) is 0 Å². The maximum atomic E-state index is 12.4. The van der Waals surface area contributed by atoms with E-state index in [-0.39, 0.29) is 11.9 Å². The molecule has 1 atom stereocenters. The van der Waals surface area contributed by atoms with E-state index in [1.165, 1.54) is 12.4 Å². The van der Waals surface area contributed by atoms with Crippen LogP contribution in [-0.4, -0.2) is 71.2 Å². The molecule has 40 heavy (non-hydrogen) atoms. The zero-order chi connectivity index (χ0) is 28.9. The number of carbonyl (C=O) groups excluding carboxylic acids is 1. The van der Waals surface area contributed by atoms with E-state index in [4.69, 9.17) is 4.74 Å². The van der Waals surface area contributed by atoms with Gasteiger partial charge in [0.1, 0.15) is 12.1 Å². The third-order valence-corrected chi connectivity index (χ3v) is 6.88. The summed E-state index contributed by atoms with van der Waals surface area (Å²) in [5.41, 5.74) is 2.39. The number of aliphatic hydroxyl groups is 1. The number of hydrogen-bond donors (Lipinski definition) is 4. The van der Waals surface area contributed by atoms with Crippen molar-refractivity contribution in [2.45, 2.75) is 38.3 Å². The third-order valence-electron chi connectivity index (χ3n) is 6.88. The van der Waals surface area contributed by atoms with Gasteiger partial charge >= 0.3 is 0 Å². The van der Waals surface area contributed by atoms with Gasteiger partial charge in [-0.1, -0.05) is 24.8 Å². The molecule has 212 valence electrons. The summed E-state index contributed by atoms with van der Waals surface area (Å²) in [5, 5.41) is 19.9. The minimum Gasteiger partial charge on any atom is -0.494 e. The molecule has 0 saturated carbocycles. The SMILES string of the molecule is C=CC(=O)Nc1cc(Nc2ncnc(Nc3ccccc3C(C)(C)O)n2)c(OC)cc1N1CCCC(N(C)C)C1. The molecule has 11 heteroatoms. The van der Waals surface area contributed by atoms with Gasteiger partial charge in [0.05, 0.1) is 29.8 Å². The Hall–Kier alpha value is -4.22. The molecule has 0 spiro atoms. The van der Waals surface area contributed by atoms with Crippen LogP contribution >= 0.6 is 0 Å². The van der Waals surface area contributed by atoms with Crippen LogP contribution in [0.15, 0.2) is 55.4 Å². The van der Waals surface area contributed by atoms with E-state index in [0.29, 0.717) is 40.4 Å². The summed E-state index contributed by atoms with van der Waals surface area (Å²) in [5.74, 6) is 0.834. The van der Waals surface area contributed by atoms with Gasteiger partial charge in [0.25, 0.3) is 0 Å². The van der Waals surface area contributed by atoms with Crippen LogP contribution in [0.25, 0.3) is 0 Å². The Balaban J connectivity index is 1.65. The number of carbonyl (C=O) groups is 1. The fourth-order valence-corrected chi connectivity index (χ4v) is 4.76. The Labute approximate surface area is 235 Å². The summed E-state index contributed by atoms with van der Waals surface area (Å²) < 4.78 is 5.74. The average Bonchev–Trinajstić information content (AvgIpc) is 2.93. The summed E-state index contributed by atoms with van der Waals surface area (Å²) >= 11 is 0. The van der Waals surface area contributed by atoms with Gasteiger partial charge in [0.2, 0.25) is 17.8 Å². The molecule has 4 N–H and O–H groups in total. The number of piperidine rings is 1. The van der Waals surface area contributed by atoms with Crippen molar-refractivity contribution in [3.63, 3.8) is 0 Å². The van der Waals surface area contributed by atoms with Crippen LogP contribution in [0.5, 0.6) is 5.75 Å². The predicted molar refractivity (Wildman–Crippen MR) is 159 cm³/mol. The highest BCUT2D eigenvalue weighted by Crippen LogP contribution is 2.39. The number of nitrogens with zero attached hydrogens (tertiary/aromatic N) is 5. The van der Waals surface area contributed by atoms with E-state index >= 15 is 0 Å². The maximum absolute atomic E-state index is 12.4. The molecule has 0 aliphatic carbocycles. The van der Waals surface area contributed by atoms with Crippen molar-refractivity contribution in [3.05, 3.63) is 60.9 Å². The van der Waals surface area contributed by atoms with Gasteiger partial charge in [-0.3, -0.25) is 4.79 Å². The number of amides is 1. The summed E-state index contributed by atoms with van der Waals surface area (Å²) in [7, 11) is 5.77. The first-order valence-corrected chi connectivity index (χ1v) is 13.2. The average molecular weight is 547 g/mol. The van der Waals surface area contributed by atoms with Crippen LogP contribution in [0.1, 0.15) is 32.3 Å². The van der Waals surface area contributed by atoms with Crippen molar-refractivity contribution in [2.75, 3.05) is 55.1 Å². The lowest BCUT2D eigenvalue weighted by Crippen LogP contribution is -2.45. The third kappa shape index (κ3) is 6.85. The quantitative estimate of drug-likeness (QED) is 0.274. The van der Waals surface area contributed by atoms with Crippen molar-refractivity contribution < 1.29 is 14.6 Å². The van der Waals surface area contributed by atoms with E-state index in [0.717, 1.165) is 31.6 Å². The summed E-state index contributed by atoms with van der Waals surface area (Å²) in [6.07, 6.45) is 4.79. The topological polar surface area (TPSA) is 128 Å². The Bertz CT molecular complexity index is 1360. The molecule has 1 aliphatic heterocycles. The first-order chi connectivity index (χ1) is 19.1. The van der Waals surface area contributed by atoms with Crippen molar-refractivity contribution in [3.8, 4) is 5.75 Å². The number of rotatable bonds is 10. The van der Waals surface area contributed by atoms with Crippen molar-refractivity contribution in [1.29, 1.82) is 0 Å². The second kappa shape index (κ2) is 12.3.